The highest BCUT2D eigenvalue weighted by Crippen LogP contribution is 2.27. The molecule has 5 heteroatoms. The summed E-state index contributed by atoms with van der Waals surface area (Å²) in [7, 11) is 0. The highest BCUT2D eigenvalue weighted by molar-refractivity contribution is 5.76. The molecule has 3 N–H and O–H groups in total. The number of nitrogens with one attached hydrogen (secondary N) is 2. The van der Waals surface area contributed by atoms with E-state index in [4.69, 9.17) is 5.11 Å². The fourth-order valence-corrected chi connectivity index (χ4v) is 2.72. The van der Waals surface area contributed by atoms with Gasteiger partial charge in [0.2, 0.25) is 5.91 Å². The van der Waals surface area contributed by atoms with E-state index in [9.17, 15) is 4.79 Å². The Morgan fingerprint density at radius 3 is 2.67 bits per heavy atom. The Hall–Kier alpha value is -2.11. The Labute approximate surface area is 123 Å². The van der Waals surface area contributed by atoms with Crippen LogP contribution in [0.4, 0.5) is 0 Å². The Morgan fingerprint density at radius 1 is 1.29 bits per heavy atom. The molecule has 0 saturated carbocycles. The van der Waals surface area contributed by atoms with E-state index in [0.29, 0.717) is 6.42 Å². The van der Waals surface area contributed by atoms with Crippen LogP contribution in [-0.2, 0) is 11.4 Å². The minimum Gasteiger partial charge on any atom is -0.392 e. The van der Waals surface area contributed by atoms with Crippen molar-refractivity contribution >= 4 is 5.91 Å². The zero-order valence-electron chi connectivity index (χ0n) is 11.9. The molecule has 1 aliphatic heterocycles. The first-order chi connectivity index (χ1) is 10.2. The number of hydrazine groups is 1. The van der Waals surface area contributed by atoms with E-state index < -0.39 is 0 Å². The first kappa shape index (κ1) is 13.9. The van der Waals surface area contributed by atoms with Gasteiger partial charge >= 0.3 is 0 Å². The number of hydrogen-bond acceptors (Lipinski definition) is 3. The van der Waals surface area contributed by atoms with Gasteiger partial charge in [-0.3, -0.25) is 10.2 Å². The van der Waals surface area contributed by atoms with E-state index in [0.717, 1.165) is 16.8 Å². The normalized spacial score (nSPS) is 22.1. The molecule has 1 aromatic carbocycles. The van der Waals surface area contributed by atoms with Crippen molar-refractivity contribution in [3.63, 3.8) is 0 Å². The van der Waals surface area contributed by atoms with Gasteiger partial charge in [0.05, 0.1) is 12.6 Å². The zero-order chi connectivity index (χ0) is 14.8. The summed E-state index contributed by atoms with van der Waals surface area (Å²) in [4.78, 5) is 11.3. The van der Waals surface area contributed by atoms with E-state index >= 15 is 0 Å². The third-order valence-electron chi connectivity index (χ3n) is 3.93. The summed E-state index contributed by atoms with van der Waals surface area (Å²) >= 11 is 0. The van der Waals surface area contributed by atoms with Crippen LogP contribution in [0.1, 0.15) is 30.5 Å². The van der Waals surface area contributed by atoms with Gasteiger partial charge < -0.3 is 9.67 Å². The first-order valence-electron chi connectivity index (χ1n) is 7.10. The molecule has 2 aromatic rings. The predicted octanol–water partition coefficient (Wildman–Crippen LogP) is 1.67. The van der Waals surface area contributed by atoms with Crippen LogP contribution < -0.4 is 10.9 Å². The molecular weight excluding hydrogens is 266 g/mol. The number of nitrogens with zero attached hydrogens (tertiary/aromatic N) is 1. The average molecular weight is 285 g/mol. The molecule has 0 radical (unpaired) electrons. The molecule has 2 heterocycles. The molecular formula is C16H19N3O2. The number of benzene rings is 1. The Morgan fingerprint density at radius 2 is 2.05 bits per heavy atom. The van der Waals surface area contributed by atoms with E-state index in [1.165, 1.54) is 0 Å². The van der Waals surface area contributed by atoms with Crippen LogP contribution in [0.25, 0.3) is 5.69 Å². The maximum Gasteiger partial charge on any atom is 0.234 e. The molecule has 0 bridgehead atoms. The third-order valence-corrected chi connectivity index (χ3v) is 3.93. The van der Waals surface area contributed by atoms with Crippen molar-refractivity contribution in [1.29, 1.82) is 0 Å². The Balaban J connectivity index is 1.79. The molecule has 0 spiro atoms. The van der Waals surface area contributed by atoms with Crippen LogP contribution in [0.5, 0.6) is 0 Å². The SMILES string of the molecule is CC1CC(=O)NNC1c1ccc(-n2ccc(CO)c2)cc1. The lowest BCUT2D eigenvalue weighted by Crippen LogP contribution is -2.48. The van der Waals surface area contributed by atoms with Crippen LogP contribution in [0.15, 0.2) is 42.7 Å². The monoisotopic (exact) mass is 285 g/mol. The van der Waals surface area contributed by atoms with Crippen molar-refractivity contribution in [2.24, 2.45) is 5.92 Å². The topological polar surface area (TPSA) is 66.3 Å². The summed E-state index contributed by atoms with van der Waals surface area (Å²) in [6, 6.07) is 10.3. The second-order valence-corrected chi connectivity index (χ2v) is 5.53. The van der Waals surface area contributed by atoms with Crippen molar-refractivity contribution in [2.45, 2.75) is 26.0 Å². The van der Waals surface area contributed by atoms with Crippen LogP contribution in [0, 0.1) is 5.92 Å². The van der Waals surface area contributed by atoms with Crippen molar-refractivity contribution < 1.29 is 9.90 Å². The number of carbonyl (C=O) groups is 1. The van der Waals surface area contributed by atoms with Crippen LogP contribution in [-0.4, -0.2) is 15.6 Å². The summed E-state index contributed by atoms with van der Waals surface area (Å²) in [5.41, 5.74) is 8.86. The second kappa shape index (κ2) is 5.71. The smallest absolute Gasteiger partial charge is 0.234 e. The molecule has 1 amide bonds. The third kappa shape index (κ3) is 2.84. The number of hydrogen-bond donors (Lipinski definition) is 3. The minimum atomic E-state index is 0.0410. The fraction of sp³-hybridized carbons (Fsp3) is 0.312. The van der Waals surface area contributed by atoms with Gasteiger partial charge in [0.15, 0.2) is 0 Å². The average Bonchev–Trinajstić information content (AvgIpc) is 2.96. The Bertz CT molecular complexity index is 633. The lowest BCUT2D eigenvalue weighted by Gasteiger charge is -2.30. The Kier molecular flexibility index (Phi) is 3.77. The van der Waals surface area contributed by atoms with Gasteiger partial charge in [-0.15, -0.1) is 0 Å². The quantitative estimate of drug-likeness (QED) is 0.803. The number of aliphatic hydroxyl groups excluding tert-OH is 1. The molecule has 1 fully saturated rings. The molecule has 1 aromatic heterocycles. The number of rotatable bonds is 3. The summed E-state index contributed by atoms with van der Waals surface area (Å²) in [6.45, 7) is 2.12. The summed E-state index contributed by atoms with van der Waals surface area (Å²) < 4.78 is 1.98. The number of aliphatic hydroxyl groups is 1. The zero-order valence-corrected chi connectivity index (χ0v) is 11.9. The van der Waals surface area contributed by atoms with Gasteiger partial charge in [0.25, 0.3) is 0 Å². The summed E-state index contributed by atoms with van der Waals surface area (Å²) in [5, 5.41) is 9.11. The van der Waals surface area contributed by atoms with Gasteiger partial charge in [-0.2, -0.15) is 0 Å². The summed E-state index contributed by atoms with van der Waals surface area (Å²) in [5.74, 6) is 0.302. The van der Waals surface area contributed by atoms with Gasteiger partial charge in [-0.1, -0.05) is 19.1 Å². The predicted molar refractivity (Wildman–Crippen MR) is 79.5 cm³/mol. The molecule has 5 nitrogen and oxygen atoms in total. The van der Waals surface area contributed by atoms with Crippen molar-refractivity contribution in [3.05, 3.63) is 53.9 Å². The van der Waals surface area contributed by atoms with E-state index in [1.54, 1.807) is 0 Å². The number of carbonyl (C=O) groups excluding carboxylic acids is 1. The molecule has 2 atom stereocenters. The lowest BCUT2D eigenvalue weighted by molar-refractivity contribution is -0.125. The van der Waals surface area contributed by atoms with Crippen LogP contribution in [0.2, 0.25) is 0 Å². The maximum absolute atomic E-state index is 11.3. The van der Waals surface area contributed by atoms with Gasteiger partial charge in [-0.25, -0.2) is 5.43 Å². The molecule has 1 saturated heterocycles. The first-order valence-corrected chi connectivity index (χ1v) is 7.10. The molecule has 1 aliphatic rings. The lowest BCUT2D eigenvalue weighted by atomic mass is 9.91. The van der Waals surface area contributed by atoms with Crippen molar-refractivity contribution in [2.75, 3.05) is 0 Å². The molecule has 0 aliphatic carbocycles. The number of amides is 1. The van der Waals surface area contributed by atoms with E-state index in [-0.39, 0.29) is 24.5 Å². The standard InChI is InChI=1S/C16H19N3O2/c1-11-8-15(21)17-18-16(11)13-2-4-14(5-3-13)19-7-6-12(9-19)10-20/h2-7,9,11,16,18,20H,8,10H2,1H3,(H,17,21). The highest BCUT2D eigenvalue weighted by atomic mass is 16.3. The molecule has 110 valence electrons. The maximum atomic E-state index is 11.3. The molecule has 2 unspecified atom stereocenters. The summed E-state index contributed by atoms with van der Waals surface area (Å²) in [6.07, 6.45) is 4.38. The van der Waals surface area contributed by atoms with Gasteiger partial charge in [-0.05, 0) is 35.2 Å². The van der Waals surface area contributed by atoms with Crippen molar-refractivity contribution in [1.82, 2.24) is 15.4 Å². The van der Waals surface area contributed by atoms with E-state index in [2.05, 4.69) is 29.9 Å². The van der Waals surface area contributed by atoms with E-state index in [1.807, 2.05) is 35.2 Å². The number of aromatic nitrogens is 1. The largest absolute Gasteiger partial charge is 0.392 e. The second-order valence-electron chi connectivity index (χ2n) is 5.53. The van der Waals surface area contributed by atoms with Crippen LogP contribution in [0.3, 0.4) is 0 Å². The van der Waals surface area contributed by atoms with Gasteiger partial charge in [0.1, 0.15) is 0 Å². The highest BCUT2D eigenvalue weighted by Gasteiger charge is 2.26. The van der Waals surface area contributed by atoms with Gasteiger partial charge in [0, 0.05) is 24.5 Å². The fourth-order valence-electron chi connectivity index (χ4n) is 2.72. The molecule has 3 rings (SSSR count). The minimum absolute atomic E-state index is 0.0410. The van der Waals surface area contributed by atoms with Crippen molar-refractivity contribution in [3.8, 4) is 5.69 Å². The van der Waals surface area contributed by atoms with Crippen LogP contribution >= 0.6 is 0 Å². The molecule has 21 heavy (non-hydrogen) atoms.